The van der Waals surface area contributed by atoms with Gasteiger partial charge in [0.15, 0.2) is 11.5 Å². The first-order chi connectivity index (χ1) is 11.5. The van der Waals surface area contributed by atoms with Crippen molar-refractivity contribution in [3.05, 3.63) is 53.1 Å². The van der Waals surface area contributed by atoms with Crippen molar-refractivity contribution in [2.75, 3.05) is 13.2 Å². The van der Waals surface area contributed by atoms with Gasteiger partial charge in [0.2, 0.25) is 10.0 Å². The molecule has 126 valence electrons. The molecule has 0 saturated heterocycles. The maximum atomic E-state index is 12.7. The smallest absolute Gasteiger partial charge is 0.241 e. The summed E-state index contributed by atoms with van der Waals surface area (Å²) in [5, 5.41) is 0.391. The van der Waals surface area contributed by atoms with Crippen molar-refractivity contribution in [2.45, 2.75) is 23.3 Å². The maximum Gasteiger partial charge on any atom is 0.241 e. The molecular weight excluding hydrogens is 350 g/mol. The summed E-state index contributed by atoms with van der Waals surface area (Å²) >= 11 is 5.91. The summed E-state index contributed by atoms with van der Waals surface area (Å²) in [5.41, 5.74) is 0.300. The zero-order valence-electron chi connectivity index (χ0n) is 12.8. The first kappa shape index (κ1) is 15.7. The summed E-state index contributed by atoms with van der Waals surface area (Å²) in [4.78, 5) is 0.166. The van der Waals surface area contributed by atoms with Gasteiger partial charge in [-0.2, -0.15) is 0 Å². The number of fused-ring (bicyclic) bond motifs is 1. The zero-order valence-corrected chi connectivity index (χ0v) is 14.4. The minimum absolute atomic E-state index is 0.166. The molecule has 0 radical (unpaired) electrons. The van der Waals surface area contributed by atoms with Crippen LogP contribution in [0.25, 0.3) is 0 Å². The quantitative estimate of drug-likeness (QED) is 0.904. The molecule has 4 rings (SSSR count). The van der Waals surface area contributed by atoms with Crippen molar-refractivity contribution >= 4 is 21.6 Å². The summed E-state index contributed by atoms with van der Waals surface area (Å²) in [6, 6.07) is 11.8. The lowest BCUT2D eigenvalue weighted by Crippen LogP contribution is -2.35. The molecule has 2 aromatic carbocycles. The molecule has 1 heterocycles. The number of ether oxygens (including phenoxy) is 2. The van der Waals surface area contributed by atoms with Crippen LogP contribution in [-0.2, 0) is 15.6 Å². The van der Waals surface area contributed by atoms with E-state index in [4.69, 9.17) is 21.1 Å². The highest BCUT2D eigenvalue weighted by atomic mass is 35.5. The van der Waals surface area contributed by atoms with Gasteiger partial charge in [0.1, 0.15) is 13.2 Å². The monoisotopic (exact) mass is 365 g/mol. The minimum atomic E-state index is -3.65. The molecule has 2 aromatic rings. The van der Waals surface area contributed by atoms with Crippen molar-refractivity contribution in [2.24, 2.45) is 0 Å². The summed E-state index contributed by atoms with van der Waals surface area (Å²) in [6.45, 7) is 1.02. The van der Waals surface area contributed by atoms with E-state index in [-0.39, 0.29) is 4.90 Å². The van der Waals surface area contributed by atoms with Crippen LogP contribution in [0, 0.1) is 0 Å². The van der Waals surface area contributed by atoms with E-state index in [0.29, 0.717) is 29.7 Å². The Morgan fingerprint density at radius 2 is 1.75 bits per heavy atom. The number of halogens is 1. The Morgan fingerprint density at radius 1 is 1.00 bits per heavy atom. The van der Waals surface area contributed by atoms with E-state index >= 15 is 0 Å². The topological polar surface area (TPSA) is 64.6 Å². The largest absolute Gasteiger partial charge is 0.486 e. The highest BCUT2D eigenvalue weighted by Gasteiger charge is 2.48. The molecule has 0 unspecified atom stereocenters. The number of hydrogen-bond acceptors (Lipinski definition) is 4. The van der Waals surface area contributed by atoms with Crippen LogP contribution in [0.5, 0.6) is 11.5 Å². The van der Waals surface area contributed by atoms with E-state index in [1.165, 1.54) is 12.1 Å². The number of nitrogens with one attached hydrogen (secondary N) is 1. The second-order valence-corrected chi connectivity index (χ2v) is 8.12. The average Bonchev–Trinajstić information content (AvgIpc) is 3.34. The van der Waals surface area contributed by atoms with Crippen molar-refractivity contribution in [1.82, 2.24) is 4.72 Å². The van der Waals surface area contributed by atoms with Gasteiger partial charge in [0, 0.05) is 5.02 Å². The Morgan fingerprint density at radius 3 is 2.46 bits per heavy atom. The molecule has 0 bridgehead atoms. The molecule has 7 heteroatoms. The van der Waals surface area contributed by atoms with Crippen LogP contribution in [0.1, 0.15) is 18.4 Å². The average molecular weight is 366 g/mol. The van der Waals surface area contributed by atoms with Crippen LogP contribution >= 0.6 is 11.6 Å². The molecule has 1 N–H and O–H groups in total. The molecule has 24 heavy (non-hydrogen) atoms. The van der Waals surface area contributed by atoms with E-state index in [9.17, 15) is 8.42 Å². The van der Waals surface area contributed by atoms with Crippen LogP contribution in [-0.4, -0.2) is 21.6 Å². The van der Waals surface area contributed by atoms with Gasteiger partial charge in [-0.1, -0.05) is 23.7 Å². The van der Waals surface area contributed by atoms with Gasteiger partial charge in [0.05, 0.1) is 10.4 Å². The molecule has 1 aliphatic carbocycles. The molecule has 2 aliphatic rings. The Hall–Kier alpha value is -1.76. The Bertz CT molecular complexity index is 893. The molecule has 1 saturated carbocycles. The Kier molecular flexibility index (Phi) is 3.71. The number of sulfonamides is 1. The number of benzene rings is 2. The van der Waals surface area contributed by atoms with Crippen LogP contribution in [0.3, 0.4) is 0 Å². The first-order valence-electron chi connectivity index (χ1n) is 7.68. The fraction of sp³-hybridized carbons (Fsp3) is 0.294. The summed E-state index contributed by atoms with van der Waals surface area (Å²) in [7, 11) is -3.65. The van der Waals surface area contributed by atoms with E-state index in [2.05, 4.69) is 4.72 Å². The summed E-state index contributed by atoms with van der Waals surface area (Å²) < 4.78 is 39.3. The maximum absolute atomic E-state index is 12.7. The highest BCUT2D eigenvalue weighted by Crippen LogP contribution is 2.48. The second-order valence-electron chi connectivity index (χ2n) is 6.00. The van der Waals surface area contributed by atoms with Gasteiger partial charge >= 0.3 is 0 Å². The molecule has 0 spiro atoms. The van der Waals surface area contributed by atoms with Crippen molar-refractivity contribution in [3.8, 4) is 11.5 Å². The lowest BCUT2D eigenvalue weighted by Gasteiger charge is -2.22. The van der Waals surface area contributed by atoms with E-state index in [1.807, 2.05) is 18.2 Å². The zero-order chi connectivity index (χ0) is 16.8. The van der Waals surface area contributed by atoms with Gasteiger partial charge in [0.25, 0.3) is 0 Å². The SMILES string of the molecule is O=S(=O)(NC1(c2ccc3c(c2)OCCO3)CC1)c1cccc(Cl)c1. The molecule has 5 nitrogen and oxygen atoms in total. The third kappa shape index (κ3) is 2.85. The van der Waals surface area contributed by atoms with Crippen LogP contribution in [0.4, 0.5) is 0 Å². The molecule has 0 aromatic heterocycles. The van der Waals surface area contributed by atoms with Gasteiger partial charge in [-0.15, -0.1) is 0 Å². The third-order valence-electron chi connectivity index (χ3n) is 4.28. The second kappa shape index (κ2) is 5.65. The van der Waals surface area contributed by atoms with Crippen molar-refractivity contribution < 1.29 is 17.9 Å². The molecule has 0 atom stereocenters. The van der Waals surface area contributed by atoms with Crippen molar-refractivity contribution in [1.29, 1.82) is 0 Å². The van der Waals surface area contributed by atoms with E-state index < -0.39 is 15.6 Å². The van der Waals surface area contributed by atoms with Crippen LogP contribution in [0.15, 0.2) is 47.4 Å². The highest BCUT2D eigenvalue weighted by molar-refractivity contribution is 7.89. The fourth-order valence-corrected chi connectivity index (χ4v) is 4.62. The molecule has 1 aliphatic heterocycles. The predicted octanol–water partition coefficient (Wildman–Crippen LogP) is 3.08. The Labute approximate surface area is 145 Å². The van der Waals surface area contributed by atoms with Crippen LogP contribution < -0.4 is 14.2 Å². The van der Waals surface area contributed by atoms with Crippen LogP contribution in [0.2, 0.25) is 5.02 Å². The molecule has 0 amide bonds. The van der Waals surface area contributed by atoms with Gasteiger partial charge in [-0.05, 0) is 48.7 Å². The van der Waals surface area contributed by atoms with Crippen molar-refractivity contribution in [3.63, 3.8) is 0 Å². The van der Waals surface area contributed by atoms with E-state index in [1.54, 1.807) is 12.1 Å². The van der Waals surface area contributed by atoms with E-state index in [0.717, 1.165) is 18.4 Å². The first-order valence-corrected chi connectivity index (χ1v) is 9.54. The summed E-state index contributed by atoms with van der Waals surface area (Å²) in [5.74, 6) is 1.35. The number of rotatable bonds is 4. The van der Waals surface area contributed by atoms with Gasteiger partial charge in [-0.3, -0.25) is 0 Å². The number of hydrogen-bond donors (Lipinski definition) is 1. The lowest BCUT2D eigenvalue weighted by atomic mass is 10.1. The summed E-state index contributed by atoms with van der Waals surface area (Å²) in [6.07, 6.45) is 1.48. The standard InChI is InChI=1S/C17H16ClNO4S/c18-13-2-1-3-14(11-13)24(20,21)19-17(6-7-17)12-4-5-15-16(10-12)23-9-8-22-15/h1-5,10-11,19H,6-9H2. The Balaban J connectivity index is 1.64. The van der Waals surface area contributed by atoms with Gasteiger partial charge < -0.3 is 9.47 Å². The fourth-order valence-electron chi connectivity index (χ4n) is 2.87. The molecular formula is C17H16ClNO4S. The minimum Gasteiger partial charge on any atom is -0.486 e. The third-order valence-corrected chi connectivity index (χ3v) is 6.05. The predicted molar refractivity (Wildman–Crippen MR) is 90.1 cm³/mol. The lowest BCUT2D eigenvalue weighted by molar-refractivity contribution is 0.171. The molecule has 1 fully saturated rings. The van der Waals surface area contributed by atoms with Gasteiger partial charge in [-0.25, -0.2) is 13.1 Å². The normalized spacial score (nSPS) is 18.2.